The van der Waals surface area contributed by atoms with E-state index in [9.17, 15) is 19.2 Å². The zero-order valence-electron chi connectivity index (χ0n) is 19.8. The second kappa shape index (κ2) is 12.2. The van der Waals surface area contributed by atoms with E-state index in [1.165, 1.54) is 11.8 Å². The molecule has 0 radical (unpaired) electrons. The zero-order valence-corrected chi connectivity index (χ0v) is 20.6. The summed E-state index contributed by atoms with van der Waals surface area (Å²) >= 11 is 4.85. The molecule has 2 aromatic rings. The second-order valence-corrected chi connectivity index (χ2v) is 8.89. The Balaban J connectivity index is 0.000000303. The molecule has 1 heterocycles. The van der Waals surface area contributed by atoms with Crippen molar-refractivity contribution in [2.24, 2.45) is 5.73 Å². The van der Waals surface area contributed by atoms with Crippen molar-refractivity contribution in [3.05, 3.63) is 64.7 Å². The monoisotopic (exact) mass is 499 g/mol. The van der Waals surface area contributed by atoms with Crippen molar-refractivity contribution in [1.82, 2.24) is 4.90 Å². The Morgan fingerprint density at radius 3 is 2.11 bits per heavy atom. The van der Waals surface area contributed by atoms with E-state index in [4.69, 9.17) is 28.2 Å². The number of hydrogen-bond donors (Lipinski definition) is 4. The van der Waals surface area contributed by atoms with Crippen molar-refractivity contribution in [3.63, 3.8) is 0 Å². The van der Waals surface area contributed by atoms with E-state index in [-0.39, 0.29) is 18.2 Å². The lowest BCUT2D eigenvalue weighted by atomic mass is 10.0. The zero-order chi connectivity index (χ0) is 26.3. The molecule has 0 aliphatic carbocycles. The molecule has 0 aromatic heterocycles. The molecule has 1 aliphatic heterocycles. The van der Waals surface area contributed by atoms with E-state index in [0.29, 0.717) is 29.1 Å². The number of nitrogens with zero attached hydrogens (tertiary/aromatic N) is 1. The van der Waals surface area contributed by atoms with Gasteiger partial charge in [-0.05, 0) is 49.1 Å². The van der Waals surface area contributed by atoms with E-state index in [0.717, 1.165) is 16.7 Å². The Labute approximate surface area is 208 Å². The molecule has 2 amide bonds. The minimum atomic E-state index is -1.03. The van der Waals surface area contributed by atoms with E-state index in [1.807, 2.05) is 32.0 Å². The highest BCUT2D eigenvalue weighted by atomic mass is 32.1. The molecule has 0 saturated carbocycles. The molecule has 0 unspecified atom stereocenters. The number of likely N-dealkylation sites (tertiary alicyclic amines) is 1. The van der Waals surface area contributed by atoms with Gasteiger partial charge >= 0.3 is 11.9 Å². The summed E-state index contributed by atoms with van der Waals surface area (Å²) < 4.78 is 0. The highest BCUT2D eigenvalue weighted by Gasteiger charge is 2.34. The fraction of sp³-hybridized carbons (Fsp3) is 0.320. The van der Waals surface area contributed by atoms with Crippen LogP contribution in [0.5, 0.6) is 0 Å². The molecule has 0 bridgehead atoms. The number of aryl methyl sites for hydroxylation is 2. The van der Waals surface area contributed by atoms with E-state index < -0.39 is 24.0 Å². The number of rotatable bonds is 6. The third-order valence-electron chi connectivity index (χ3n) is 5.53. The maximum Gasteiger partial charge on any atom is 0.326 e. The molecular formula is C25H29N3O6S. The first-order valence-corrected chi connectivity index (χ1v) is 11.3. The first kappa shape index (κ1) is 27.6. The number of carbonyl (C=O) groups is 4. The van der Waals surface area contributed by atoms with Crippen LogP contribution in [0.15, 0.2) is 42.5 Å². The van der Waals surface area contributed by atoms with Crippen LogP contribution in [-0.2, 0) is 20.8 Å². The van der Waals surface area contributed by atoms with Gasteiger partial charge in [0.25, 0.3) is 5.91 Å². The second-order valence-electron chi connectivity index (χ2n) is 8.31. The summed E-state index contributed by atoms with van der Waals surface area (Å²) in [5.41, 5.74) is 9.49. The summed E-state index contributed by atoms with van der Waals surface area (Å²) in [7, 11) is 0. The van der Waals surface area contributed by atoms with Gasteiger partial charge in [0, 0.05) is 29.5 Å². The third-order valence-corrected chi connectivity index (χ3v) is 5.82. The van der Waals surface area contributed by atoms with Gasteiger partial charge in [0.2, 0.25) is 5.91 Å². The van der Waals surface area contributed by atoms with Crippen LogP contribution in [0.3, 0.4) is 0 Å². The number of amides is 2. The minimum absolute atomic E-state index is 0.157. The first-order chi connectivity index (χ1) is 16.4. The molecule has 2 atom stereocenters. The van der Waals surface area contributed by atoms with Gasteiger partial charge in [-0.1, -0.05) is 42.5 Å². The Hall–Kier alpha value is -3.63. The Bertz CT molecular complexity index is 1090. The van der Waals surface area contributed by atoms with Gasteiger partial charge in [-0.2, -0.15) is 0 Å². The molecule has 1 aliphatic rings. The van der Waals surface area contributed by atoms with Crippen molar-refractivity contribution in [1.29, 1.82) is 0 Å². The lowest BCUT2D eigenvalue weighted by Gasteiger charge is -2.18. The molecule has 186 valence electrons. The minimum Gasteiger partial charge on any atom is -0.480 e. The van der Waals surface area contributed by atoms with Gasteiger partial charge in [-0.25, -0.2) is 4.79 Å². The van der Waals surface area contributed by atoms with E-state index in [2.05, 4.69) is 5.32 Å². The van der Waals surface area contributed by atoms with E-state index >= 15 is 0 Å². The molecule has 9 nitrogen and oxygen atoms in total. The third kappa shape index (κ3) is 7.69. The van der Waals surface area contributed by atoms with Gasteiger partial charge in [0.15, 0.2) is 0 Å². The lowest BCUT2D eigenvalue weighted by molar-refractivity contribution is -0.147. The van der Waals surface area contributed by atoms with Gasteiger partial charge in [-0.15, -0.1) is 0 Å². The van der Waals surface area contributed by atoms with Crippen molar-refractivity contribution in [3.8, 4) is 0 Å². The van der Waals surface area contributed by atoms with Crippen LogP contribution in [-0.4, -0.2) is 62.4 Å². The summed E-state index contributed by atoms with van der Waals surface area (Å²) in [4.78, 5) is 46.6. The predicted octanol–water partition coefficient (Wildman–Crippen LogP) is 2.57. The van der Waals surface area contributed by atoms with Crippen LogP contribution in [0, 0.1) is 13.8 Å². The molecule has 3 rings (SSSR count). The van der Waals surface area contributed by atoms with Crippen molar-refractivity contribution >= 4 is 46.5 Å². The molecule has 0 spiro atoms. The number of thiocarbonyl (C=S) groups is 1. The average molecular weight is 500 g/mol. The molecule has 35 heavy (non-hydrogen) atoms. The topological polar surface area (TPSA) is 150 Å². The van der Waals surface area contributed by atoms with Crippen molar-refractivity contribution in [2.75, 3.05) is 11.9 Å². The molecule has 5 N–H and O–H groups in total. The van der Waals surface area contributed by atoms with Crippen LogP contribution in [0.1, 0.15) is 40.4 Å². The summed E-state index contributed by atoms with van der Waals surface area (Å²) in [5.74, 6) is -2.40. The number of aliphatic carboxylic acids is 2. The number of nitrogens with one attached hydrogen (secondary N) is 1. The highest BCUT2D eigenvalue weighted by Crippen LogP contribution is 2.17. The summed E-state index contributed by atoms with van der Waals surface area (Å²) in [6, 6.07) is 11.1. The van der Waals surface area contributed by atoms with Gasteiger partial charge < -0.3 is 26.2 Å². The SMILES string of the molecule is CC(=O)N1CC(=S)C[C@H]1C(=O)O.Cc1cccc(C)c1C(=O)Nc1ccc(C[C@H](N)C(=O)O)cc1. The van der Waals surface area contributed by atoms with Crippen LogP contribution >= 0.6 is 12.2 Å². The fourth-order valence-corrected chi connectivity index (χ4v) is 3.97. The number of carboxylic acid groups (broad SMARTS) is 2. The summed E-state index contributed by atoms with van der Waals surface area (Å²) in [6.45, 7) is 5.46. The lowest BCUT2D eigenvalue weighted by Crippen LogP contribution is -2.39. The quantitative estimate of drug-likeness (QED) is 0.443. The maximum absolute atomic E-state index is 12.4. The van der Waals surface area contributed by atoms with Crippen molar-refractivity contribution < 1.29 is 29.4 Å². The van der Waals surface area contributed by atoms with E-state index in [1.54, 1.807) is 24.3 Å². The molecule has 1 saturated heterocycles. The molecule has 2 aromatic carbocycles. The Morgan fingerprint density at radius 1 is 1.09 bits per heavy atom. The predicted molar refractivity (Wildman–Crippen MR) is 136 cm³/mol. The number of anilines is 1. The van der Waals surface area contributed by atoms with Gasteiger partial charge in [0.05, 0.1) is 6.54 Å². The number of nitrogens with two attached hydrogens (primary N) is 1. The highest BCUT2D eigenvalue weighted by molar-refractivity contribution is 7.80. The first-order valence-electron chi connectivity index (χ1n) is 10.9. The standard InChI is InChI=1S/C18H20N2O3.C7H9NO3S/c1-11-4-3-5-12(2)16(11)17(21)20-14-8-6-13(7-9-14)10-15(19)18(22)23;1-4(9)8-3-5(12)2-6(8)7(10)11/h3-9,15H,10,19H2,1-2H3,(H,20,21)(H,22,23);6H,2-3H2,1H3,(H,10,11)/t15-;6-/m00/s1. The Morgan fingerprint density at radius 2 is 1.66 bits per heavy atom. The number of carboxylic acids is 2. The molecule has 1 fully saturated rings. The van der Waals surface area contributed by atoms with Crippen LogP contribution in [0.25, 0.3) is 0 Å². The number of carbonyl (C=O) groups excluding carboxylic acids is 2. The normalized spacial score (nSPS) is 15.6. The summed E-state index contributed by atoms with van der Waals surface area (Å²) in [5, 5.41) is 20.4. The van der Waals surface area contributed by atoms with Crippen LogP contribution in [0.2, 0.25) is 0 Å². The van der Waals surface area contributed by atoms with Gasteiger partial charge in [-0.3, -0.25) is 14.4 Å². The van der Waals surface area contributed by atoms with Crippen LogP contribution in [0.4, 0.5) is 5.69 Å². The fourth-order valence-electron chi connectivity index (χ4n) is 3.67. The molecular weight excluding hydrogens is 470 g/mol. The molecule has 10 heteroatoms. The van der Waals surface area contributed by atoms with Crippen molar-refractivity contribution in [2.45, 2.75) is 45.7 Å². The average Bonchev–Trinajstić information content (AvgIpc) is 3.18. The number of benzene rings is 2. The Kier molecular flexibility index (Phi) is 9.61. The smallest absolute Gasteiger partial charge is 0.326 e. The van der Waals surface area contributed by atoms with Crippen LogP contribution < -0.4 is 11.1 Å². The van der Waals surface area contributed by atoms with Gasteiger partial charge in [0.1, 0.15) is 12.1 Å². The number of hydrogen-bond acceptors (Lipinski definition) is 6. The maximum atomic E-state index is 12.4. The largest absolute Gasteiger partial charge is 0.480 e. The summed E-state index contributed by atoms with van der Waals surface area (Å²) in [6.07, 6.45) is 0.560.